The molecule has 2 heterocycles. The number of carbonyl (C=O) groups is 1. The van der Waals surface area contributed by atoms with E-state index < -0.39 is 11.7 Å². The van der Waals surface area contributed by atoms with Crippen molar-refractivity contribution in [3.05, 3.63) is 83.9 Å². The van der Waals surface area contributed by atoms with Crippen molar-refractivity contribution in [1.82, 2.24) is 20.1 Å². The van der Waals surface area contributed by atoms with Crippen molar-refractivity contribution >= 4 is 28.5 Å². The quantitative estimate of drug-likeness (QED) is 0.341. The van der Waals surface area contributed by atoms with Gasteiger partial charge in [-0.2, -0.15) is 5.10 Å². The molecule has 2 aromatic heterocycles. The third-order valence-electron chi connectivity index (χ3n) is 5.43. The number of aryl methyl sites for hydroxylation is 1. The fraction of sp³-hybridized carbons (Fsp3) is 0.296. The molecular weight excluding hydrogens is 448 g/mol. The molecule has 6 nitrogen and oxygen atoms in total. The number of ether oxygens (including phenoxy) is 1. The lowest BCUT2D eigenvalue weighted by molar-refractivity contribution is 0.0500. The van der Waals surface area contributed by atoms with Gasteiger partial charge in [0.15, 0.2) is 0 Å². The molecule has 0 aliphatic carbocycles. The number of rotatable bonds is 7. The van der Waals surface area contributed by atoms with Gasteiger partial charge in [-0.05, 0) is 74.4 Å². The third kappa shape index (κ3) is 6.58. The average molecular weight is 477 g/mol. The zero-order chi connectivity index (χ0) is 24.1. The van der Waals surface area contributed by atoms with Crippen molar-refractivity contribution in [2.24, 2.45) is 0 Å². The summed E-state index contributed by atoms with van der Waals surface area (Å²) in [5.41, 5.74) is 2.70. The fourth-order valence-corrected chi connectivity index (χ4v) is 3.92. The van der Waals surface area contributed by atoms with Crippen LogP contribution in [0.4, 0.5) is 4.79 Å². The zero-order valence-corrected chi connectivity index (χ0v) is 20.4. The molecule has 4 rings (SSSR count). The van der Waals surface area contributed by atoms with E-state index >= 15 is 0 Å². The molecule has 0 saturated carbocycles. The van der Waals surface area contributed by atoms with Crippen LogP contribution in [0.1, 0.15) is 32.8 Å². The molecule has 0 saturated heterocycles. The van der Waals surface area contributed by atoms with Crippen LogP contribution in [0.2, 0.25) is 5.02 Å². The number of benzene rings is 2. The Morgan fingerprint density at radius 2 is 1.85 bits per heavy atom. The number of carbonyl (C=O) groups excluding carboxylic acids is 1. The monoisotopic (exact) mass is 476 g/mol. The Balaban J connectivity index is 1.45. The Kier molecular flexibility index (Phi) is 7.17. The van der Waals surface area contributed by atoms with E-state index in [0.717, 1.165) is 27.5 Å². The van der Waals surface area contributed by atoms with E-state index in [9.17, 15) is 4.79 Å². The lowest BCUT2D eigenvalue weighted by atomic mass is 10.0. The van der Waals surface area contributed by atoms with Crippen LogP contribution in [-0.2, 0) is 17.7 Å². The number of fused-ring (bicyclic) bond motifs is 1. The topological polar surface area (TPSA) is 69.0 Å². The second kappa shape index (κ2) is 10.3. The SMILES string of the molecule is CC(C)(C)OC(=O)N[C@H](CCn1cc(-c2ccc3cnccc3c2)cn1)Cc1ccc(Cl)cc1. The van der Waals surface area contributed by atoms with Gasteiger partial charge in [-0.1, -0.05) is 35.9 Å². The zero-order valence-electron chi connectivity index (χ0n) is 19.7. The molecule has 7 heteroatoms. The second-order valence-corrected chi connectivity index (χ2v) is 9.83. The number of halogens is 1. The van der Waals surface area contributed by atoms with Crippen molar-refractivity contribution in [2.75, 3.05) is 0 Å². The van der Waals surface area contributed by atoms with Crippen LogP contribution in [-0.4, -0.2) is 32.5 Å². The maximum atomic E-state index is 12.4. The van der Waals surface area contributed by atoms with Gasteiger partial charge >= 0.3 is 6.09 Å². The lowest BCUT2D eigenvalue weighted by Gasteiger charge is -2.24. The summed E-state index contributed by atoms with van der Waals surface area (Å²) in [6, 6.07) is 15.9. The van der Waals surface area contributed by atoms with Crippen molar-refractivity contribution in [1.29, 1.82) is 0 Å². The highest BCUT2D eigenvalue weighted by Gasteiger charge is 2.20. The number of pyridine rings is 1. The number of nitrogens with zero attached hydrogens (tertiary/aromatic N) is 3. The highest BCUT2D eigenvalue weighted by atomic mass is 35.5. The first-order chi connectivity index (χ1) is 16.2. The van der Waals surface area contributed by atoms with Gasteiger partial charge in [0.2, 0.25) is 0 Å². The van der Waals surface area contributed by atoms with Gasteiger partial charge in [0.1, 0.15) is 5.60 Å². The largest absolute Gasteiger partial charge is 0.444 e. The van der Waals surface area contributed by atoms with Crippen LogP contribution in [0.15, 0.2) is 73.3 Å². The summed E-state index contributed by atoms with van der Waals surface area (Å²) in [5, 5.41) is 10.5. The average Bonchev–Trinajstić information content (AvgIpc) is 3.26. The van der Waals surface area contributed by atoms with Gasteiger partial charge in [0, 0.05) is 47.1 Å². The molecular formula is C27H29ClN4O2. The maximum absolute atomic E-state index is 12.4. The van der Waals surface area contributed by atoms with Crippen molar-refractivity contribution in [3.63, 3.8) is 0 Å². The predicted octanol–water partition coefficient (Wildman–Crippen LogP) is 6.28. The minimum Gasteiger partial charge on any atom is -0.444 e. The van der Waals surface area contributed by atoms with Crippen LogP contribution in [0, 0.1) is 0 Å². The summed E-state index contributed by atoms with van der Waals surface area (Å²) in [5.74, 6) is 0. The molecule has 0 fully saturated rings. The molecule has 4 aromatic rings. The van der Waals surface area contributed by atoms with Gasteiger partial charge < -0.3 is 10.1 Å². The van der Waals surface area contributed by atoms with E-state index in [0.29, 0.717) is 24.4 Å². The molecule has 176 valence electrons. The van der Waals surface area contributed by atoms with E-state index in [4.69, 9.17) is 16.3 Å². The molecule has 0 aliphatic heterocycles. The Bertz CT molecular complexity index is 1260. The summed E-state index contributed by atoms with van der Waals surface area (Å²) in [6.45, 7) is 6.23. The van der Waals surface area contributed by atoms with E-state index in [2.05, 4.69) is 33.6 Å². The van der Waals surface area contributed by atoms with Gasteiger partial charge in [-0.15, -0.1) is 0 Å². The Hall–Kier alpha value is -3.38. The molecule has 0 aliphatic rings. The summed E-state index contributed by atoms with van der Waals surface area (Å²) in [4.78, 5) is 16.6. The Morgan fingerprint density at radius 1 is 1.06 bits per heavy atom. The van der Waals surface area contributed by atoms with Crippen molar-refractivity contribution in [2.45, 2.75) is 51.8 Å². The number of hydrogen-bond acceptors (Lipinski definition) is 4. The minimum absolute atomic E-state index is 0.114. The summed E-state index contributed by atoms with van der Waals surface area (Å²) in [6.07, 6.45) is 8.52. The van der Waals surface area contributed by atoms with E-state index in [-0.39, 0.29) is 6.04 Å². The normalized spacial score (nSPS) is 12.5. The highest BCUT2D eigenvalue weighted by molar-refractivity contribution is 6.30. The van der Waals surface area contributed by atoms with Gasteiger partial charge in [-0.3, -0.25) is 9.67 Å². The van der Waals surface area contributed by atoms with Crippen LogP contribution in [0.3, 0.4) is 0 Å². The number of alkyl carbamates (subject to hydrolysis) is 1. The summed E-state index contributed by atoms with van der Waals surface area (Å²) in [7, 11) is 0. The van der Waals surface area contributed by atoms with Gasteiger partial charge in [-0.25, -0.2) is 4.79 Å². The molecule has 1 N–H and O–H groups in total. The third-order valence-corrected chi connectivity index (χ3v) is 5.68. The number of aromatic nitrogens is 3. The number of amides is 1. The standard InChI is InChI=1S/C27H29ClN4O2/c1-27(2,3)34-26(33)31-25(14-19-4-8-24(28)9-5-19)11-13-32-18-23(17-30-32)20-6-7-22-16-29-12-10-21(22)15-20/h4-10,12,15-18,25H,11,13-14H2,1-3H3,(H,31,33)/t25-/m1/s1. The molecule has 0 bridgehead atoms. The van der Waals surface area contributed by atoms with Gasteiger partial charge in [0.05, 0.1) is 6.20 Å². The summed E-state index contributed by atoms with van der Waals surface area (Å²) < 4.78 is 7.39. The predicted molar refractivity (Wildman–Crippen MR) is 136 cm³/mol. The smallest absolute Gasteiger partial charge is 0.407 e. The molecule has 0 unspecified atom stereocenters. The lowest BCUT2D eigenvalue weighted by Crippen LogP contribution is -2.40. The first-order valence-electron chi connectivity index (χ1n) is 11.4. The van der Waals surface area contributed by atoms with Crippen LogP contribution in [0.25, 0.3) is 21.9 Å². The summed E-state index contributed by atoms with van der Waals surface area (Å²) >= 11 is 6.03. The minimum atomic E-state index is -0.554. The Morgan fingerprint density at radius 3 is 2.62 bits per heavy atom. The highest BCUT2D eigenvalue weighted by Crippen LogP contribution is 2.24. The first-order valence-corrected chi connectivity index (χ1v) is 11.7. The molecule has 1 amide bonds. The number of nitrogens with one attached hydrogen (secondary N) is 1. The molecule has 2 aromatic carbocycles. The van der Waals surface area contributed by atoms with Crippen LogP contribution < -0.4 is 5.32 Å². The molecule has 34 heavy (non-hydrogen) atoms. The molecule has 0 spiro atoms. The van der Waals surface area contributed by atoms with Crippen LogP contribution >= 0.6 is 11.6 Å². The van der Waals surface area contributed by atoms with Crippen LogP contribution in [0.5, 0.6) is 0 Å². The number of hydrogen-bond donors (Lipinski definition) is 1. The molecule has 1 atom stereocenters. The molecule has 0 radical (unpaired) electrons. The maximum Gasteiger partial charge on any atom is 0.407 e. The van der Waals surface area contributed by atoms with E-state index in [1.54, 1.807) is 6.20 Å². The van der Waals surface area contributed by atoms with Crippen molar-refractivity contribution < 1.29 is 9.53 Å². The second-order valence-electron chi connectivity index (χ2n) is 9.39. The van der Waals surface area contributed by atoms with E-state index in [1.165, 1.54) is 0 Å². The van der Waals surface area contributed by atoms with E-state index in [1.807, 2.05) is 74.4 Å². The first kappa shape index (κ1) is 23.8. The Labute approximate surface area is 204 Å². The van der Waals surface area contributed by atoms with Gasteiger partial charge in [0.25, 0.3) is 0 Å². The fourth-order valence-electron chi connectivity index (χ4n) is 3.79. The van der Waals surface area contributed by atoms with Crippen molar-refractivity contribution in [3.8, 4) is 11.1 Å².